The topological polar surface area (TPSA) is 51.2 Å². The lowest BCUT2D eigenvalue weighted by molar-refractivity contribution is 0.0950. The molecule has 0 bridgehead atoms. The number of nitrogens with zero attached hydrogens (tertiary/aromatic N) is 1. The Morgan fingerprint density at radius 1 is 1.24 bits per heavy atom. The van der Waals surface area contributed by atoms with E-state index in [1.54, 1.807) is 35.8 Å². The molecule has 0 saturated heterocycles. The lowest BCUT2D eigenvalue weighted by Crippen LogP contribution is -2.23. The van der Waals surface area contributed by atoms with Crippen LogP contribution in [0.2, 0.25) is 0 Å². The highest BCUT2D eigenvalue weighted by Crippen LogP contribution is 2.22. The molecule has 0 aliphatic heterocycles. The van der Waals surface area contributed by atoms with Gasteiger partial charge in [-0.2, -0.15) is 0 Å². The van der Waals surface area contributed by atoms with Gasteiger partial charge in [0.1, 0.15) is 0 Å². The Hall–Kier alpha value is -2.73. The predicted octanol–water partition coefficient (Wildman–Crippen LogP) is 5.88. The summed E-state index contributed by atoms with van der Waals surface area (Å²) in [5, 5.41) is 2.77. The van der Waals surface area contributed by atoms with Crippen LogP contribution in [0.15, 0.2) is 54.1 Å². The zero-order chi connectivity index (χ0) is 20.5. The number of amides is 1. The highest BCUT2D eigenvalue weighted by molar-refractivity contribution is 7.16. The number of ether oxygens (including phenoxy) is 1. The predicted molar refractivity (Wildman–Crippen MR) is 116 cm³/mol. The molecule has 1 aromatic heterocycles. The highest BCUT2D eigenvalue weighted by atomic mass is 32.1. The summed E-state index contributed by atoms with van der Waals surface area (Å²) < 4.78 is 21.2. The van der Waals surface area contributed by atoms with E-state index in [0.717, 1.165) is 23.1 Å². The minimum absolute atomic E-state index is 0.0967. The van der Waals surface area contributed by atoms with E-state index in [1.807, 2.05) is 6.07 Å². The zero-order valence-corrected chi connectivity index (χ0v) is 17.3. The summed E-state index contributed by atoms with van der Waals surface area (Å²) in [6, 6.07) is 10.3. The minimum atomic E-state index is -0.430. The maximum Gasteiger partial charge on any atom is 0.251 e. The molecular formula is C23H25FN2O2S. The summed E-state index contributed by atoms with van der Waals surface area (Å²) >= 11 is 1.48. The minimum Gasteiger partial charge on any atom is -0.490 e. The highest BCUT2D eigenvalue weighted by Gasteiger charge is 2.12. The first-order valence-electron chi connectivity index (χ1n) is 9.85. The van der Waals surface area contributed by atoms with Crippen LogP contribution in [0.4, 0.5) is 4.39 Å². The molecule has 1 N–H and O–H groups in total. The summed E-state index contributed by atoms with van der Waals surface area (Å²) in [5.41, 5.74) is 3.54. The molecule has 1 amide bonds. The molecule has 2 aromatic carbocycles. The first-order chi connectivity index (χ1) is 14.2. The number of unbranched alkanes of at least 4 members (excludes halogenated alkanes) is 2. The van der Waals surface area contributed by atoms with Crippen molar-refractivity contribution < 1.29 is 13.9 Å². The molecule has 0 radical (unpaired) electrons. The Kier molecular flexibility index (Phi) is 7.76. The number of carbonyl (C=O) groups excluding carboxylic acids is 1. The molecule has 0 saturated carbocycles. The fourth-order valence-electron chi connectivity index (χ4n) is 2.87. The number of thiazole rings is 1. The normalized spacial score (nSPS) is 11.2. The second-order valence-electron chi connectivity index (χ2n) is 6.70. The average Bonchev–Trinajstić information content (AvgIpc) is 3.21. The summed E-state index contributed by atoms with van der Waals surface area (Å²) in [6.07, 6.45) is 8.36. The van der Waals surface area contributed by atoms with Crippen LogP contribution in [-0.2, 0) is 6.54 Å². The fourth-order valence-corrected chi connectivity index (χ4v) is 3.59. The molecule has 0 aliphatic rings. The largest absolute Gasteiger partial charge is 0.490 e. The number of hydrogen-bond donors (Lipinski definition) is 1. The fraction of sp³-hybridized carbons (Fsp3) is 0.304. The number of allylic oxidation sites excluding steroid dienone is 1. The van der Waals surface area contributed by atoms with Gasteiger partial charge < -0.3 is 10.1 Å². The van der Waals surface area contributed by atoms with Crippen LogP contribution >= 0.6 is 11.3 Å². The van der Waals surface area contributed by atoms with Gasteiger partial charge in [0.15, 0.2) is 11.6 Å². The third-order valence-corrected chi connectivity index (χ3v) is 5.30. The molecule has 6 heteroatoms. The van der Waals surface area contributed by atoms with Crippen molar-refractivity contribution in [2.75, 3.05) is 6.61 Å². The standard InChI is InChI=1S/C23H25FN2O2S/c1-2-3-4-5-6-7-13-28-20-10-8-9-18(22(20)24)15-25-23(27)17-11-12-19-21(14-17)29-16-26-19/h5-6,8-12,14,16H,2-4,7,13,15H2,1H3,(H,25,27). The van der Waals surface area contributed by atoms with Gasteiger partial charge >= 0.3 is 0 Å². The number of fused-ring (bicyclic) bond motifs is 1. The van der Waals surface area contributed by atoms with Gasteiger partial charge in [0, 0.05) is 17.7 Å². The molecule has 0 fully saturated rings. The molecule has 3 aromatic rings. The van der Waals surface area contributed by atoms with E-state index in [-0.39, 0.29) is 18.2 Å². The van der Waals surface area contributed by atoms with E-state index in [4.69, 9.17) is 4.74 Å². The van der Waals surface area contributed by atoms with Gasteiger partial charge in [-0.05, 0) is 37.1 Å². The second kappa shape index (κ2) is 10.7. The van der Waals surface area contributed by atoms with Gasteiger partial charge in [-0.3, -0.25) is 4.79 Å². The molecule has 0 unspecified atom stereocenters. The Bertz CT molecular complexity index is 984. The molecule has 0 atom stereocenters. The van der Waals surface area contributed by atoms with E-state index in [1.165, 1.54) is 24.2 Å². The summed E-state index contributed by atoms with van der Waals surface area (Å²) in [4.78, 5) is 16.6. The molecule has 29 heavy (non-hydrogen) atoms. The molecular weight excluding hydrogens is 387 g/mol. The van der Waals surface area contributed by atoms with Gasteiger partial charge in [-0.1, -0.05) is 44.1 Å². The van der Waals surface area contributed by atoms with E-state index >= 15 is 0 Å². The van der Waals surface area contributed by atoms with Crippen molar-refractivity contribution in [1.29, 1.82) is 0 Å². The lowest BCUT2D eigenvalue weighted by Gasteiger charge is -2.11. The van der Waals surface area contributed by atoms with Gasteiger partial charge in [-0.25, -0.2) is 9.37 Å². The van der Waals surface area contributed by atoms with E-state index in [9.17, 15) is 9.18 Å². The van der Waals surface area contributed by atoms with Crippen LogP contribution in [0.1, 0.15) is 48.5 Å². The van der Waals surface area contributed by atoms with Crippen molar-refractivity contribution in [3.05, 3.63) is 71.0 Å². The van der Waals surface area contributed by atoms with Crippen molar-refractivity contribution in [3.63, 3.8) is 0 Å². The third-order valence-electron chi connectivity index (χ3n) is 4.51. The number of aromatic nitrogens is 1. The van der Waals surface area contributed by atoms with E-state index < -0.39 is 5.82 Å². The maximum absolute atomic E-state index is 14.7. The average molecular weight is 413 g/mol. The Morgan fingerprint density at radius 3 is 2.97 bits per heavy atom. The van der Waals surface area contributed by atoms with E-state index in [2.05, 4.69) is 29.4 Å². The number of rotatable bonds is 10. The van der Waals surface area contributed by atoms with Crippen LogP contribution < -0.4 is 10.1 Å². The number of hydrogen-bond acceptors (Lipinski definition) is 4. The Morgan fingerprint density at radius 2 is 2.10 bits per heavy atom. The second-order valence-corrected chi connectivity index (χ2v) is 7.58. The van der Waals surface area contributed by atoms with Crippen molar-refractivity contribution in [2.24, 2.45) is 0 Å². The number of benzene rings is 2. The number of carbonyl (C=O) groups is 1. The molecule has 1 heterocycles. The van der Waals surface area contributed by atoms with Crippen molar-refractivity contribution in [3.8, 4) is 5.75 Å². The summed E-state index contributed by atoms with van der Waals surface area (Å²) in [7, 11) is 0. The SMILES string of the molecule is CCCCC=CCCOc1cccc(CNC(=O)c2ccc3ncsc3c2)c1F. The monoisotopic (exact) mass is 412 g/mol. The van der Waals surface area contributed by atoms with Crippen molar-refractivity contribution in [2.45, 2.75) is 39.2 Å². The lowest BCUT2D eigenvalue weighted by atomic mass is 10.1. The van der Waals surface area contributed by atoms with Gasteiger partial charge in [-0.15, -0.1) is 11.3 Å². The molecule has 4 nitrogen and oxygen atoms in total. The van der Waals surface area contributed by atoms with E-state index in [0.29, 0.717) is 17.7 Å². The zero-order valence-electron chi connectivity index (χ0n) is 16.5. The van der Waals surface area contributed by atoms with Crippen LogP contribution in [0.3, 0.4) is 0 Å². The van der Waals surface area contributed by atoms with Crippen LogP contribution in [0, 0.1) is 5.82 Å². The third kappa shape index (κ3) is 5.87. The Labute approximate surface area is 174 Å². The van der Waals surface area contributed by atoms with Crippen LogP contribution in [0.5, 0.6) is 5.75 Å². The van der Waals surface area contributed by atoms with Gasteiger partial charge in [0.25, 0.3) is 5.91 Å². The first-order valence-corrected chi connectivity index (χ1v) is 10.7. The smallest absolute Gasteiger partial charge is 0.251 e. The van der Waals surface area contributed by atoms with Crippen LogP contribution in [0.25, 0.3) is 10.2 Å². The quantitative estimate of drug-likeness (QED) is 0.334. The Balaban J connectivity index is 1.53. The maximum atomic E-state index is 14.7. The van der Waals surface area contributed by atoms with Crippen LogP contribution in [-0.4, -0.2) is 17.5 Å². The molecule has 0 spiro atoms. The molecule has 3 rings (SSSR count). The van der Waals surface area contributed by atoms with Gasteiger partial charge in [0.05, 0.1) is 22.3 Å². The first kappa shape index (κ1) is 21.0. The summed E-state index contributed by atoms with van der Waals surface area (Å²) in [5.74, 6) is -0.464. The van der Waals surface area contributed by atoms with Crippen molar-refractivity contribution in [1.82, 2.24) is 10.3 Å². The molecule has 0 aliphatic carbocycles. The summed E-state index contributed by atoms with van der Waals surface area (Å²) in [6.45, 7) is 2.68. The number of nitrogens with one attached hydrogen (secondary N) is 1. The van der Waals surface area contributed by atoms with Gasteiger partial charge in [0.2, 0.25) is 0 Å². The van der Waals surface area contributed by atoms with Crippen molar-refractivity contribution >= 4 is 27.5 Å². The number of halogens is 1. The molecule has 152 valence electrons.